The van der Waals surface area contributed by atoms with E-state index < -0.39 is 23.9 Å². The van der Waals surface area contributed by atoms with Gasteiger partial charge in [0, 0.05) is 50.1 Å². The van der Waals surface area contributed by atoms with Crippen molar-refractivity contribution in [1.29, 1.82) is 0 Å². The molecule has 244 valence electrons. The monoisotopic (exact) mass is 800 g/mol. The Morgan fingerprint density at radius 3 is 1.07 bits per heavy atom. The van der Waals surface area contributed by atoms with E-state index in [9.17, 15) is 10.2 Å². The average Bonchev–Trinajstić information content (AvgIpc) is 2.84. The van der Waals surface area contributed by atoms with Crippen molar-refractivity contribution in [3.8, 4) is 23.0 Å². The number of para-hydroxylation sites is 2. The predicted octanol–water partition coefficient (Wildman–Crippen LogP) is -3.23. The molecule has 17 heteroatoms. The van der Waals surface area contributed by atoms with Gasteiger partial charge in [0.05, 0.1) is 14.2 Å². The quantitative estimate of drug-likeness (QED) is 0.224. The summed E-state index contributed by atoms with van der Waals surface area (Å²) in [6, 6.07) is 10.6. The third-order valence-corrected chi connectivity index (χ3v) is 4.40. The van der Waals surface area contributed by atoms with Gasteiger partial charge in [0.25, 0.3) is 0 Å². The minimum atomic E-state index is -1.08. The molecule has 0 aliphatic heterocycles. The van der Waals surface area contributed by atoms with Gasteiger partial charge in [-0.05, 0) is 56.4 Å². The smallest absolute Gasteiger partial charge is 0.870 e. The maximum absolute atomic E-state index is 12.2. The van der Waals surface area contributed by atoms with Gasteiger partial charge in [0.1, 0.15) is 11.5 Å². The van der Waals surface area contributed by atoms with E-state index in [0.29, 0.717) is 35.7 Å². The average molecular weight is 805 g/mol. The third kappa shape index (κ3) is 35.8. The molecule has 0 saturated carbocycles. The van der Waals surface area contributed by atoms with Crippen LogP contribution in [0.1, 0.15) is 52.7 Å². The first-order valence-electron chi connectivity index (χ1n) is 12.6. The maximum Gasteiger partial charge on any atom is 2.00 e. The summed E-state index contributed by atoms with van der Waals surface area (Å²) in [7, 11) is 3.00. The SMILES string of the molecule is CC(=O)[O-].CC(=O)[O-].CC(=O)[O-].CC(=O)[O-].COc1cccc(CNCC(C)(C)CNCc2cccc(OC)c2[O-])c1[O-].[Zn+2].[Zn+2].[Zn+2]. The molecule has 0 unspecified atom stereocenters. The number of nitrogens with one attached hydrogen (secondary N) is 2. The van der Waals surface area contributed by atoms with Gasteiger partial charge in [0.15, 0.2) is 0 Å². The van der Waals surface area contributed by atoms with Crippen molar-refractivity contribution in [2.24, 2.45) is 5.41 Å². The molecule has 2 rings (SSSR count). The molecule has 0 aliphatic rings. The number of rotatable bonds is 10. The Kier molecular flexibility index (Phi) is 39.1. The van der Waals surface area contributed by atoms with Crippen molar-refractivity contribution in [2.45, 2.75) is 54.6 Å². The molecule has 0 amide bonds. The topological polar surface area (TPSA) is 249 Å². The molecule has 2 aromatic carbocycles. The second-order valence-corrected chi connectivity index (χ2v) is 9.23. The van der Waals surface area contributed by atoms with Crippen LogP contribution in [0.2, 0.25) is 0 Å². The van der Waals surface area contributed by atoms with E-state index in [1.807, 2.05) is 24.3 Å². The summed E-state index contributed by atoms with van der Waals surface area (Å²) in [6.45, 7) is 10.6. The standard InChI is InChI=1S/C21H30N2O4.4C2H4O2.3Zn/c1-21(2,13-22-11-15-7-5-9-17(26-3)19(15)24)14-23-12-16-8-6-10-18(27-4)20(16)25;4*1-2(3)4;;;/h5-10,22-25H,11-14H2,1-4H3;4*1H3,(H,3,4);;;/q;;;;;3*+2/p-6. The summed E-state index contributed by atoms with van der Waals surface area (Å²) in [5.74, 6) is -3.77. The van der Waals surface area contributed by atoms with E-state index in [2.05, 4.69) is 24.5 Å². The van der Waals surface area contributed by atoms with Crippen LogP contribution in [0.25, 0.3) is 0 Å². The van der Waals surface area contributed by atoms with E-state index in [1.54, 1.807) is 12.1 Å². The first kappa shape index (κ1) is 55.7. The Balaban J connectivity index is -0.000000176. The minimum Gasteiger partial charge on any atom is -0.870 e. The van der Waals surface area contributed by atoms with Gasteiger partial charge in [-0.15, -0.1) is 0 Å². The van der Waals surface area contributed by atoms with Crippen LogP contribution in [0.5, 0.6) is 23.0 Å². The Hall–Kier alpha value is -2.69. The van der Waals surface area contributed by atoms with Gasteiger partial charge in [-0.25, -0.2) is 0 Å². The number of ether oxygens (including phenoxy) is 2. The molecule has 0 saturated heterocycles. The number of hydrogen-bond donors (Lipinski definition) is 2. The molecule has 0 radical (unpaired) electrons. The fourth-order valence-corrected chi connectivity index (χ4v) is 2.86. The molecule has 0 aromatic heterocycles. The van der Waals surface area contributed by atoms with Gasteiger partial charge < -0.3 is 69.9 Å². The second kappa shape index (κ2) is 32.3. The van der Waals surface area contributed by atoms with Crippen LogP contribution in [0.4, 0.5) is 0 Å². The summed E-state index contributed by atoms with van der Waals surface area (Å²) < 4.78 is 10.1. The molecular weight excluding hydrogens is 764 g/mol. The van der Waals surface area contributed by atoms with Crippen molar-refractivity contribution in [3.63, 3.8) is 0 Å². The van der Waals surface area contributed by atoms with Gasteiger partial charge in [0.2, 0.25) is 0 Å². The van der Waals surface area contributed by atoms with Crippen molar-refractivity contribution < 1.29 is 118 Å². The van der Waals surface area contributed by atoms with Crippen LogP contribution in [0.15, 0.2) is 36.4 Å². The van der Waals surface area contributed by atoms with E-state index in [-0.39, 0.29) is 75.3 Å². The van der Waals surface area contributed by atoms with Crippen LogP contribution in [0, 0.1) is 5.41 Å². The van der Waals surface area contributed by atoms with Crippen LogP contribution in [0.3, 0.4) is 0 Å². The van der Waals surface area contributed by atoms with Gasteiger partial charge >= 0.3 is 58.4 Å². The number of aliphatic carboxylic acids is 4. The zero-order valence-corrected chi connectivity index (χ0v) is 36.7. The first-order valence-corrected chi connectivity index (χ1v) is 12.6. The second-order valence-electron chi connectivity index (χ2n) is 9.23. The van der Waals surface area contributed by atoms with Crippen LogP contribution in [-0.2, 0) is 90.7 Å². The number of carboxylic acids is 4. The third-order valence-electron chi connectivity index (χ3n) is 4.40. The minimum absolute atomic E-state index is 0. The summed E-state index contributed by atoms with van der Waals surface area (Å²) in [4.78, 5) is 35.6. The molecule has 14 nitrogen and oxygen atoms in total. The molecule has 0 spiro atoms. The number of hydrogen-bond acceptors (Lipinski definition) is 14. The number of carbonyl (C=O) groups excluding carboxylic acids is 4. The summed E-state index contributed by atoms with van der Waals surface area (Å²) in [5, 5.41) is 66.5. The van der Waals surface area contributed by atoms with E-state index in [1.165, 1.54) is 14.2 Å². The molecule has 0 atom stereocenters. The van der Waals surface area contributed by atoms with Gasteiger partial charge in [-0.2, -0.15) is 0 Å². The summed E-state index contributed by atoms with van der Waals surface area (Å²) in [6.07, 6.45) is 0. The maximum atomic E-state index is 12.2. The normalized spacial score (nSPS) is 8.87. The molecule has 0 fully saturated rings. The first-order chi connectivity index (χ1) is 19.8. The molecule has 0 heterocycles. The Morgan fingerprint density at radius 1 is 0.609 bits per heavy atom. The zero-order valence-electron chi connectivity index (χ0n) is 27.8. The molecule has 0 aliphatic carbocycles. The van der Waals surface area contributed by atoms with Gasteiger partial charge in [-0.3, -0.25) is 0 Å². The fraction of sp³-hybridized carbons (Fsp3) is 0.448. The summed E-state index contributed by atoms with van der Waals surface area (Å²) in [5.41, 5.74) is 1.32. The number of methoxy groups -OCH3 is 2. The van der Waals surface area contributed by atoms with Gasteiger partial charge in [-0.1, -0.05) is 49.6 Å². The fourth-order valence-electron chi connectivity index (χ4n) is 2.86. The number of carbonyl (C=O) groups is 4. The Bertz CT molecular complexity index is 1010. The molecule has 2 N–H and O–H groups in total. The number of carboxylic acid groups (broad SMARTS) is 4. The Labute approximate surface area is 308 Å². The summed E-state index contributed by atoms with van der Waals surface area (Å²) >= 11 is 0. The van der Waals surface area contributed by atoms with E-state index in [4.69, 9.17) is 49.1 Å². The molecular formula is C29H40N2O12Zn3. The van der Waals surface area contributed by atoms with Crippen molar-refractivity contribution in [3.05, 3.63) is 47.5 Å². The largest absolute Gasteiger partial charge is 2.00 e. The van der Waals surface area contributed by atoms with E-state index in [0.717, 1.165) is 40.8 Å². The van der Waals surface area contributed by atoms with Crippen LogP contribution >= 0.6 is 0 Å². The zero-order chi connectivity index (χ0) is 34.2. The molecule has 0 bridgehead atoms. The number of benzene rings is 2. The molecule has 2 aromatic rings. The van der Waals surface area contributed by atoms with Crippen LogP contribution in [-0.4, -0.2) is 51.2 Å². The van der Waals surface area contributed by atoms with E-state index >= 15 is 0 Å². The molecule has 46 heavy (non-hydrogen) atoms. The van der Waals surface area contributed by atoms with Crippen molar-refractivity contribution in [2.75, 3.05) is 27.3 Å². The predicted molar refractivity (Wildman–Crippen MR) is 145 cm³/mol. The Morgan fingerprint density at radius 2 is 0.848 bits per heavy atom. The van der Waals surface area contributed by atoms with Crippen molar-refractivity contribution >= 4 is 23.9 Å². The van der Waals surface area contributed by atoms with Crippen LogP contribution < -0.4 is 50.7 Å². The van der Waals surface area contributed by atoms with Crippen molar-refractivity contribution in [1.82, 2.24) is 10.6 Å².